The quantitative estimate of drug-likeness (QED) is 0.742. The average molecular weight is 226 g/mol. The predicted molar refractivity (Wildman–Crippen MR) is 66.7 cm³/mol. The SMILES string of the molecule is CC(CC1CC1)NCC(C)N1CCOCC1. The third-order valence-corrected chi connectivity index (χ3v) is 3.81. The second-order valence-electron chi connectivity index (χ2n) is 5.49. The van der Waals surface area contributed by atoms with Gasteiger partial charge in [0.1, 0.15) is 0 Å². The van der Waals surface area contributed by atoms with Crippen LogP contribution in [0.25, 0.3) is 0 Å². The zero-order valence-corrected chi connectivity index (χ0v) is 10.7. The third kappa shape index (κ3) is 4.04. The molecule has 0 amide bonds. The second-order valence-corrected chi connectivity index (χ2v) is 5.49. The van der Waals surface area contributed by atoms with Gasteiger partial charge in [-0.3, -0.25) is 4.90 Å². The maximum absolute atomic E-state index is 5.37. The summed E-state index contributed by atoms with van der Waals surface area (Å²) in [6.45, 7) is 9.77. The largest absolute Gasteiger partial charge is 0.379 e. The first-order valence-electron chi connectivity index (χ1n) is 6.81. The van der Waals surface area contributed by atoms with E-state index < -0.39 is 0 Å². The summed E-state index contributed by atoms with van der Waals surface area (Å²) >= 11 is 0. The molecular weight excluding hydrogens is 200 g/mol. The summed E-state index contributed by atoms with van der Waals surface area (Å²) in [4.78, 5) is 2.53. The van der Waals surface area contributed by atoms with Crippen molar-refractivity contribution < 1.29 is 4.74 Å². The normalized spacial score (nSPS) is 26.6. The summed E-state index contributed by atoms with van der Waals surface area (Å²) < 4.78 is 5.37. The highest BCUT2D eigenvalue weighted by molar-refractivity contribution is 4.79. The van der Waals surface area contributed by atoms with Crippen LogP contribution in [0.1, 0.15) is 33.1 Å². The predicted octanol–water partition coefficient (Wildman–Crippen LogP) is 1.49. The minimum absolute atomic E-state index is 0.644. The Labute approximate surface area is 99.5 Å². The summed E-state index contributed by atoms with van der Waals surface area (Å²) in [5, 5.41) is 3.67. The average Bonchev–Trinajstić information content (AvgIpc) is 3.11. The fourth-order valence-corrected chi connectivity index (χ4v) is 2.46. The summed E-state index contributed by atoms with van der Waals surface area (Å²) in [5.74, 6) is 1.03. The van der Waals surface area contributed by atoms with Crippen molar-refractivity contribution in [3.05, 3.63) is 0 Å². The monoisotopic (exact) mass is 226 g/mol. The van der Waals surface area contributed by atoms with Gasteiger partial charge in [-0.2, -0.15) is 0 Å². The van der Waals surface area contributed by atoms with Crippen LogP contribution in [0.3, 0.4) is 0 Å². The Hall–Kier alpha value is -0.120. The molecule has 94 valence electrons. The highest BCUT2D eigenvalue weighted by Crippen LogP contribution is 2.33. The molecule has 0 bridgehead atoms. The lowest BCUT2D eigenvalue weighted by Crippen LogP contribution is -2.47. The van der Waals surface area contributed by atoms with Crippen LogP contribution in [0.5, 0.6) is 0 Å². The molecule has 2 atom stereocenters. The Balaban J connectivity index is 1.59. The van der Waals surface area contributed by atoms with Crippen molar-refractivity contribution in [1.82, 2.24) is 10.2 Å². The number of nitrogens with one attached hydrogen (secondary N) is 1. The highest BCUT2D eigenvalue weighted by Gasteiger charge is 2.24. The fraction of sp³-hybridized carbons (Fsp3) is 1.00. The van der Waals surface area contributed by atoms with Crippen LogP contribution in [-0.4, -0.2) is 49.8 Å². The minimum atomic E-state index is 0.644. The molecule has 2 fully saturated rings. The molecule has 1 heterocycles. The van der Waals surface area contributed by atoms with Gasteiger partial charge in [0, 0.05) is 31.7 Å². The summed E-state index contributed by atoms with van der Waals surface area (Å²) in [6.07, 6.45) is 4.30. The van der Waals surface area contributed by atoms with Gasteiger partial charge in [-0.05, 0) is 26.2 Å². The Bertz CT molecular complexity index is 200. The lowest BCUT2D eigenvalue weighted by molar-refractivity contribution is 0.0199. The van der Waals surface area contributed by atoms with E-state index in [1.165, 1.54) is 19.3 Å². The van der Waals surface area contributed by atoms with E-state index in [9.17, 15) is 0 Å². The van der Waals surface area contributed by atoms with Crippen molar-refractivity contribution in [3.8, 4) is 0 Å². The van der Waals surface area contributed by atoms with Gasteiger partial charge in [-0.1, -0.05) is 12.8 Å². The number of hydrogen-bond acceptors (Lipinski definition) is 3. The van der Waals surface area contributed by atoms with Crippen molar-refractivity contribution >= 4 is 0 Å². The van der Waals surface area contributed by atoms with E-state index in [0.717, 1.165) is 38.8 Å². The van der Waals surface area contributed by atoms with Crippen molar-refractivity contribution in [3.63, 3.8) is 0 Å². The molecule has 2 unspecified atom stereocenters. The molecule has 1 saturated heterocycles. The molecule has 1 aliphatic heterocycles. The topological polar surface area (TPSA) is 24.5 Å². The van der Waals surface area contributed by atoms with Crippen LogP contribution in [0, 0.1) is 5.92 Å². The molecule has 2 aliphatic rings. The molecule has 0 radical (unpaired) electrons. The van der Waals surface area contributed by atoms with Crippen LogP contribution in [-0.2, 0) is 4.74 Å². The van der Waals surface area contributed by atoms with Gasteiger partial charge >= 0.3 is 0 Å². The van der Waals surface area contributed by atoms with Gasteiger partial charge < -0.3 is 10.1 Å². The molecule has 1 N–H and O–H groups in total. The lowest BCUT2D eigenvalue weighted by atomic mass is 10.1. The molecule has 2 rings (SSSR count). The first-order chi connectivity index (χ1) is 7.75. The first-order valence-corrected chi connectivity index (χ1v) is 6.81. The Morgan fingerprint density at radius 2 is 1.94 bits per heavy atom. The molecule has 0 spiro atoms. The van der Waals surface area contributed by atoms with E-state index in [-0.39, 0.29) is 0 Å². The van der Waals surface area contributed by atoms with E-state index in [1.807, 2.05) is 0 Å². The van der Waals surface area contributed by atoms with Gasteiger partial charge in [-0.15, -0.1) is 0 Å². The molecule has 0 aromatic heterocycles. The van der Waals surface area contributed by atoms with E-state index in [0.29, 0.717) is 12.1 Å². The molecule has 1 saturated carbocycles. The molecule has 0 aromatic carbocycles. The fourth-order valence-electron chi connectivity index (χ4n) is 2.46. The van der Waals surface area contributed by atoms with Crippen LogP contribution in [0.15, 0.2) is 0 Å². The van der Waals surface area contributed by atoms with Gasteiger partial charge in [0.2, 0.25) is 0 Å². The summed E-state index contributed by atoms with van der Waals surface area (Å²) in [6, 6.07) is 1.33. The maximum atomic E-state index is 5.37. The van der Waals surface area contributed by atoms with Crippen molar-refractivity contribution in [2.75, 3.05) is 32.8 Å². The van der Waals surface area contributed by atoms with Gasteiger partial charge in [-0.25, -0.2) is 0 Å². The Morgan fingerprint density at radius 1 is 1.25 bits per heavy atom. The molecule has 16 heavy (non-hydrogen) atoms. The maximum Gasteiger partial charge on any atom is 0.0594 e. The van der Waals surface area contributed by atoms with Crippen LogP contribution >= 0.6 is 0 Å². The van der Waals surface area contributed by atoms with Crippen LogP contribution in [0.4, 0.5) is 0 Å². The highest BCUT2D eigenvalue weighted by atomic mass is 16.5. The number of nitrogens with zero attached hydrogens (tertiary/aromatic N) is 1. The summed E-state index contributed by atoms with van der Waals surface area (Å²) in [5.41, 5.74) is 0. The molecule has 3 nitrogen and oxygen atoms in total. The Kier molecular flexibility index (Phi) is 4.62. The number of rotatable bonds is 6. The van der Waals surface area contributed by atoms with Gasteiger partial charge in [0.15, 0.2) is 0 Å². The van der Waals surface area contributed by atoms with E-state index in [4.69, 9.17) is 4.74 Å². The zero-order chi connectivity index (χ0) is 11.4. The zero-order valence-electron chi connectivity index (χ0n) is 10.7. The van der Waals surface area contributed by atoms with E-state index in [2.05, 4.69) is 24.1 Å². The van der Waals surface area contributed by atoms with Crippen LogP contribution in [0.2, 0.25) is 0 Å². The Morgan fingerprint density at radius 3 is 2.56 bits per heavy atom. The lowest BCUT2D eigenvalue weighted by Gasteiger charge is -2.33. The number of morpholine rings is 1. The van der Waals surface area contributed by atoms with Crippen molar-refractivity contribution in [2.45, 2.75) is 45.2 Å². The van der Waals surface area contributed by atoms with E-state index >= 15 is 0 Å². The molecular formula is C13H26N2O. The van der Waals surface area contributed by atoms with Gasteiger partial charge in [0.25, 0.3) is 0 Å². The summed E-state index contributed by atoms with van der Waals surface area (Å²) in [7, 11) is 0. The van der Waals surface area contributed by atoms with Crippen LogP contribution < -0.4 is 5.32 Å². The third-order valence-electron chi connectivity index (χ3n) is 3.81. The number of ether oxygens (including phenoxy) is 1. The number of hydrogen-bond donors (Lipinski definition) is 1. The van der Waals surface area contributed by atoms with Crippen molar-refractivity contribution in [1.29, 1.82) is 0 Å². The van der Waals surface area contributed by atoms with Gasteiger partial charge in [0.05, 0.1) is 13.2 Å². The minimum Gasteiger partial charge on any atom is -0.379 e. The smallest absolute Gasteiger partial charge is 0.0594 e. The van der Waals surface area contributed by atoms with E-state index in [1.54, 1.807) is 0 Å². The molecule has 1 aliphatic carbocycles. The molecule has 3 heteroatoms. The first kappa shape index (κ1) is 12.3. The molecule has 0 aromatic rings. The second kappa shape index (κ2) is 5.99. The van der Waals surface area contributed by atoms with Crippen molar-refractivity contribution in [2.24, 2.45) is 5.92 Å². The standard InChI is InChI=1S/C13H26N2O/c1-11(9-13-3-4-13)14-10-12(2)15-5-7-16-8-6-15/h11-14H,3-10H2,1-2H3.